The Bertz CT molecular complexity index is 977. The van der Waals surface area contributed by atoms with Crippen LogP contribution in [0.4, 0.5) is 0 Å². The van der Waals surface area contributed by atoms with Crippen LogP contribution in [-0.2, 0) is 21.2 Å². The fraction of sp³-hybridized carbons (Fsp3) is 0.333. The molecule has 1 aliphatic heterocycles. The number of Topliss-reactive ketones (excluding diaryl/α,β-unsaturated/α-hetero) is 1. The number of rotatable bonds is 6. The van der Waals surface area contributed by atoms with E-state index in [0.717, 1.165) is 11.3 Å². The van der Waals surface area contributed by atoms with Gasteiger partial charge in [-0.3, -0.25) is 9.59 Å². The van der Waals surface area contributed by atoms with Crippen LogP contribution >= 0.6 is 0 Å². The molecular formula is C21H24N2O5S. The summed E-state index contributed by atoms with van der Waals surface area (Å²) in [6.45, 7) is 2.61. The van der Waals surface area contributed by atoms with E-state index >= 15 is 0 Å². The summed E-state index contributed by atoms with van der Waals surface area (Å²) < 4.78 is 32.1. The predicted octanol–water partition coefficient (Wildman–Crippen LogP) is 1.97. The molecular weight excluding hydrogens is 392 g/mol. The van der Waals surface area contributed by atoms with Crippen molar-refractivity contribution in [3.05, 3.63) is 59.7 Å². The fourth-order valence-electron chi connectivity index (χ4n) is 3.22. The maximum absolute atomic E-state index is 12.8. The topological polar surface area (TPSA) is 84.0 Å². The number of piperazine rings is 1. The van der Waals surface area contributed by atoms with Gasteiger partial charge in [0.2, 0.25) is 15.9 Å². The zero-order valence-corrected chi connectivity index (χ0v) is 17.3. The van der Waals surface area contributed by atoms with Crippen LogP contribution in [0.25, 0.3) is 0 Å². The molecule has 0 aliphatic carbocycles. The van der Waals surface area contributed by atoms with Crippen molar-refractivity contribution in [1.82, 2.24) is 9.21 Å². The number of benzene rings is 2. The summed E-state index contributed by atoms with van der Waals surface area (Å²) in [5.74, 6) is 0.590. The lowest BCUT2D eigenvalue weighted by Crippen LogP contribution is -2.50. The summed E-state index contributed by atoms with van der Waals surface area (Å²) in [6, 6.07) is 13.3. The van der Waals surface area contributed by atoms with Gasteiger partial charge in [0, 0.05) is 31.7 Å². The van der Waals surface area contributed by atoms with E-state index in [0.29, 0.717) is 18.7 Å². The Labute approximate surface area is 170 Å². The third-order valence-electron chi connectivity index (χ3n) is 5.00. The minimum Gasteiger partial charge on any atom is -0.497 e. The van der Waals surface area contributed by atoms with Crippen LogP contribution in [0.15, 0.2) is 53.4 Å². The summed E-state index contributed by atoms with van der Waals surface area (Å²) in [6.07, 6.45) is 0.267. The molecule has 2 aromatic carbocycles. The highest BCUT2D eigenvalue weighted by Crippen LogP contribution is 2.19. The highest BCUT2D eigenvalue weighted by atomic mass is 32.2. The number of ether oxygens (including phenoxy) is 1. The van der Waals surface area contributed by atoms with Gasteiger partial charge in [0.25, 0.3) is 0 Å². The summed E-state index contributed by atoms with van der Waals surface area (Å²) in [4.78, 5) is 25.8. The van der Waals surface area contributed by atoms with E-state index in [9.17, 15) is 18.0 Å². The molecule has 0 aromatic heterocycles. The molecule has 0 N–H and O–H groups in total. The molecule has 0 saturated carbocycles. The molecule has 1 amide bonds. The van der Waals surface area contributed by atoms with E-state index in [2.05, 4.69) is 0 Å². The molecule has 2 aromatic rings. The van der Waals surface area contributed by atoms with Gasteiger partial charge in [-0.15, -0.1) is 0 Å². The van der Waals surface area contributed by atoms with Crippen molar-refractivity contribution in [1.29, 1.82) is 0 Å². The van der Waals surface area contributed by atoms with Gasteiger partial charge in [-0.05, 0) is 36.8 Å². The molecule has 3 rings (SSSR count). The number of nitrogens with zero attached hydrogens (tertiary/aromatic N) is 2. The maximum atomic E-state index is 12.8. The summed E-state index contributed by atoms with van der Waals surface area (Å²) >= 11 is 0. The van der Waals surface area contributed by atoms with E-state index in [1.165, 1.54) is 35.5 Å². The monoisotopic (exact) mass is 416 g/mol. The summed E-state index contributed by atoms with van der Waals surface area (Å²) in [7, 11) is -2.06. The molecule has 1 heterocycles. The van der Waals surface area contributed by atoms with E-state index in [1.807, 2.05) is 24.3 Å². The van der Waals surface area contributed by atoms with E-state index < -0.39 is 10.0 Å². The van der Waals surface area contributed by atoms with Crippen LogP contribution in [0.3, 0.4) is 0 Å². The van der Waals surface area contributed by atoms with Crippen LogP contribution in [-0.4, -0.2) is 62.6 Å². The Morgan fingerprint density at radius 2 is 1.52 bits per heavy atom. The molecule has 0 atom stereocenters. The predicted molar refractivity (Wildman–Crippen MR) is 108 cm³/mol. The maximum Gasteiger partial charge on any atom is 0.243 e. The Hall–Kier alpha value is -2.71. The van der Waals surface area contributed by atoms with Crippen LogP contribution in [0.1, 0.15) is 22.8 Å². The van der Waals surface area contributed by atoms with Gasteiger partial charge in [0.1, 0.15) is 5.75 Å². The van der Waals surface area contributed by atoms with Crippen molar-refractivity contribution in [3.63, 3.8) is 0 Å². The van der Waals surface area contributed by atoms with Gasteiger partial charge >= 0.3 is 0 Å². The Morgan fingerprint density at radius 3 is 2.03 bits per heavy atom. The summed E-state index contributed by atoms with van der Waals surface area (Å²) in [5.41, 5.74) is 1.36. The number of carbonyl (C=O) groups excluding carboxylic acids is 2. The lowest BCUT2D eigenvalue weighted by atomic mass is 10.1. The SMILES string of the molecule is COc1ccc(CC(=O)N2CCN(S(=O)(=O)c3ccc(C(C)=O)cc3)CC2)cc1. The van der Waals surface area contributed by atoms with E-state index in [4.69, 9.17) is 4.74 Å². The highest BCUT2D eigenvalue weighted by molar-refractivity contribution is 7.89. The number of hydrogen-bond donors (Lipinski definition) is 0. The zero-order valence-electron chi connectivity index (χ0n) is 16.5. The lowest BCUT2D eigenvalue weighted by Gasteiger charge is -2.34. The van der Waals surface area contributed by atoms with E-state index in [-0.39, 0.29) is 36.1 Å². The Morgan fingerprint density at radius 1 is 0.931 bits per heavy atom. The zero-order chi connectivity index (χ0) is 21.0. The van der Waals surface area contributed by atoms with Crippen molar-refractivity contribution in [2.45, 2.75) is 18.2 Å². The minimum atomic E-state index is -3.65. The third kappa shape index (κ3) is 4.83. The number of amides is 1. The first-order chi connectivity index (χ1) is 13.8. The van der Waals surface area contributed by atoms with Gasteiger partial charge in [-0.2, -0.15) is 4.31 Å². The highest BCUT2D eigenvalue weighted by Gasteiger charge is 2.30. The van der Waals surface area contributed by atoms with Crippen molar-refractivity contribution in [3.8, 4) is 5.75 Å². The molecule has 7 nitrogen and oxygen atoms in total. The number of carbonyl (C=O) groups is 2. The van der Waals surface area contributed by atoms with Crippen molar-refractivity contribution in [2.75, 3.05) is 33.3 Å². The first-order valence-corrected chi connectivity index (χ1v) is 10.8. The first-order valence-electron chi connectivity index (χ1n) is 9.33. The fourth-order valence-corrected chi connectivity index (χ4v) is 4.64. The first kappa shape index (κ1) is 21.0. The molecule has 0 radical (unpaired) electrons. The number of ketones is 1. The van der Waals surface area contributed by atoms with Gasteiger partial charge in [0.15, 0.2) is 5.78 Å². The van der Waals surface area contributed by atoms with Gasteiger partial charge in [-0.25, -0.2) is 8.42 Å². The largest absolute Gasteiger partial charge is 0.497 e. The average molecular weight is 416 g/mol. The van der Waals surface area contributed by atoms with E-state index in [1.54, 1.807) is 12.0 Å². The standard InChI is InChI=1S/C21H24N2O5S/c1-16(24)18-5-9-20(10-6-18)29(26,27)23-13-11-22(12-14-23)21(25)15-17-3-7-19(28-2)8-4-17/h3-10H,11-15H2,1-2H3. The summed E-state index contributed by atoms with van der Waals surface area (Å²) in [5, 5.41) is 0. The molecule has 1 saturated heterocycles. The van der Waals surface area contributed by atoms with Crippen LogP contribution in [0, 0.1) is 0 Å². The molecule has 154 valence electrons. The average Bonchev–Trinajstić information content (AvgIpc) is 2.74. The second-order valence-corrected chi connectivity index (χ2v) is 8.83. The van der Waals surface area contributed by atoms with Crippen molar-refractivity contribution in [2.24, 2.45) is 0 Å². The molecule has 29 heavy (non-hydrogen) atoms. The Balaban J connectivity index is 1.60. The Kier molecular flexibility index (Phi) is 6.34. The molecule has 8 heteroatoms. The van der Waals surface area contributed by atoms with Crippen LogP contribution in [0.5, 0.6) is 5.75 Å². The molecule has 1 aliphatic rings. The molecule has 0 unspecified atom stereocenters. The minimum absolute atomic E-state index is 0.0296. The molecule has 1 fully saturated rings. The van der Waals surface area contributed by atoms with Gasteiger partial charge in [-0.1, -0.05) is 24.3 Å². The van der Waals surface area contributed by atoms with Crippen molar-refractivity contribution < 1.29 is 22.7 Å². The van der Waals surface area contributed by atoms with Crippen LogP contribution in [0.2, 0.25) is 0 Å². The second kappa shape index (κ2) is 8.75. The van der Waals surface area contributed by atoms with Crippen molar-refractivity contribution >= 4 is 21.7 Å². The molecule has 0 spiro atoms. The smallest absolute Gasteiger partial charge is 0.243 e. The number of hydrogen-bond acceptors (Lipinski definition) is 5. The van der Waals surface area contributed by atoms with Gasteiger partial charge in [0.05, 0.1) is 18.4 Å². The second-order valence-electron chi connectivity index (χ2n) is 6.89. The normalized spacial score (nSPS) is 15.2. The third-order valence-corrected chi connectivity index (χ3v) is 6.92. The molecule has 0 bridgehead atoms. The quantitative estimate of drug-likeness (QED) is 0.673. The number of sulfonamides is 1. The van der Waals surface area contributed by atoms with Gasteiger partial charge < -0.3 is 9.64 Å². The lowest BCUT2D eigenvalue weighted by molar-refractivity contribution is -0.131. The number of methoxy groups -OCH3 is 1. The van der Waals surface area contributed by atoms with Crippen LogP contribution < -0.4 is 4.74 Å².